The number of Topliss-reactive ketones (excluding diaryl/α,β-unsaturated/α-hetero) is 2. The first-order valence-electron chi connectivity index (χ1n) is 6.68. The van der Waals surface area contributed by atoms with E-state index in [1.807, 2.05) is 0 Å². The highest BCUT2D eigenvalue weighted by Crippen LogP contribution is 2.19. The number of carbonyl (C=O) groups excluding carboxylic acids is 2. The molecule has 2 atom stereocenters. The zero-order valence-electron chi connectivity index (χ0n) is 11.8. The number of ketones is 2. The minimum atomic E-state index is -1.27. The number of carbonyl (C=O) groups is 2. The predicted octanol–water partition coefficient (Wildman–Crippen LogP) is 4.17. The average molecular weight is 337 g/mol. The maximum Gasteiger partial charge on any atom is 0.198 e. The summed E-state index contributed by atoms with van der Waals surface area (Å²) in [5.74, 6) is -0.425. The number of hydrogen-bond donors (Lipinski definition) is 0. The summed E-state index contributed by atoms with van der Waals surface area (Å²) < 4.78 is 5.49. The Balaban J connectivity index is 2.03. The van der Waals surface area contributed by atoms with Crippen LogP contribution >= 0.6 is 23.2 Å². The molecule has 2 rings (SSSR count). The summed E-state index contributed by atoms with van der Waals surface area (Å²) in [6.07, 6.45) is -0.837. The normalized spacial score (nSPS) is 13.2. The van der Waals surface area contributed by atoms with Crippen LogP contribution in [-0.4, -0.2) is 23.0 Å². The van der Waals surface area contributed by atoms with Gasteiger partial charge in [-0.25, -0.2) is 0 Å². The highest BCUT2D eigenvalue weighted by Gasteiger charge is 2.30. The van der Waals surface area contributed by atoms with Gasteiger partial charge in [0.2, 0.25) is 0 Å². The third-order valence-electron chi connectivity index (χ3n) is 3.07. The molecule has 0 saturated carbocycles. The SMILES string of the molecule is CC(Oc1ccc(Cl)cc1)C(=O)C(Cl)C(=O)c1ccccc1. The summed E-state index contributed by atoms with van der Waals surface area (Å²) in [4.78, 5) is 24.4. The van der Waals surface area contributed by atoms with Crippen LogP contribution in [0.2, 0.25) is 5.02 Å². The Labute approximate surface area is 138 Å². The second-order valence-corrected chi connectivity index (χ2v) is 5.58. The van der Waals surface area contributed by atoms with Crippen LogP contribution in [0.5, 0.6) is 5.75 Å². The number of rotatable bonds is 6. The quantitative estimate of drug-likeness (QED) is 0.451. The van der Waals surface area contributed by atoms with Gasteiger partial charge in [0.25, 0.3) is 0 Å². The fourth-order valence-corrected chi connectivity index (χ4v) is 2.29. The molecule has 2 aromatic carbocycles. The van der Waals surface area contributed by atoms with Crippen LogP contribution in [0.4, 0.5) is 0 Å². The Morgan fingerprint density at radius 2 is 1.59 bits per heavy atom. The van der Waals surface area contributed by atoms with E-state index < -0.39 is 23.0 Å². The molecular formula is C17H14Cl2O3. The van der Waals surface area contributed by atoms with Crippen molar-refractivity contribution in [2.45, 2.75) is 18.4 Å². The first kappa shape index (κ1) is 16.5. The topological polar surface area (TPSA) is 43.4 Å². The van der Waals surface area contributed by atoms with Gasteiger partial charge < -0.3 is 4.74 Å². The van der Waals surface area contributed by atoms with Gasteiger partial charge in [-0.2, -0.15) is 0 Å². The van der Waals surface area contributed by atoms with Crippen LogP contribution in [0, 0.1) is 0 Å². The molecular weight excluding hydrogens is 323 g/mol. The van der Waals surface area contributed by atoms with E-state index in [1.165, 1.54) is 0 Å². The van der Waals surface area contributed by atoms with Crippen molar-refractivity contribution >= 4 is 34.8 Å². The molecule has 0 saturated heterocycles. The molecule has 5 heteroatoms. The molecule has 2 aromatic rings. The molecule has 0 aliphatic heterocycles. The first-order valence-corrected chi connectivity index (χ1v) is 7.50. The van der Waals surface area contributed by atoms with Gasteiger partial charge in [0, 0.05) is 10.6 Å². The van der Waals surface area contributed by atoms with Crippen LogP contribution in [0.25, 0.3) is 0 Å². The van der Waals surface area contributed by atoms with Gasteiger partial charge in [-0.15, -0.1) is 11.6 Å². The molecule has 0 bridgehead atoms. The van der Waals surface area contributed by atoms with E-state index in [1.54, 1.807) is 61.5 Å². The minimum Gasteiger partial charge on any atom is -0.483 e. The van der Waals surface area contributed by atoms with Crippen LogP contribution in [0.15, 0.2) is 54.6 Å². The van der Waals surface area contributed by atoms with Gasteiger partial charge in [0.15, 0.2) is 23.0 Å². The molecule has 0 amide bonds. The lowest BCUT2D eigenvalue weighted by molar-refractivity contribution is -0.123. The molecule has 0 radical (unpaired) electrons. The Bertz CT molecular complexity index is 653. The van der Waals surface area contributed by atoms with Crippen LogP contribution in [-0.2, 0) is 4.79 Å². The Hall–Kier alpha value is -1.84. The van der Waals surface area contributed by atoms with Gasteiger partial charge in [0.05, 0.1) is 0 Å². The zero-order chi connectivity index (χ0) is 16.1. The van der Waals surface area contributed by atoms with Crippen molar-refractivity contribution in [3.8, 4) is 5.75 Å². The maximum atomic E-state index is 12.2. The van der Waals surface area contributed by atoms with Crippen molar-refractivity contribution in [1.82, 2.24) is 0 Å². The smallest absolute Gasteiger partial charge is 0.198 e. The third-order valence-corrected chi connectivity index (χ3v) is 3.73. The largest absolute Gasteiger partial charge is 0.483 e. The number of hydrogen-bond acceptors (Lipinski definition) is 3. The lowest BCUT2D eigenvalue weighted by Crippen LogP contribution is -2.35. The Kier molecular flexibility index (Phi) is 5.58. The fraction of sp³-hybridized carbons (Fsp3) is 0.176. The molecule has 0 N–H and O–H groups in total. The Morgan fingerprint density at radius 3 is 2.18 bits per heavy atom. The first-order chi connectivity index (χ1) is 10.5. The van der Waals surface area contributed by atoms with E-state index in [-0.39, 0.29) is 0 Å². The van der Waals surface area contributed by atoms with Gasteiger partial charge in [-0.1, -0.05) is 41.9 Å². The van der Waals surface area contributed by atoms with Crippen LogP contribution < -0.4 is 4.74 Å². The number of ether oxygens (including phenoxy) is 1. The predicted molar refractivity (Wildman–Crippen MR) is 87.0 cm³/mol. The van der Waals surface area contributed by atoms with Crippen LogP contribution in [0.3, 0.4) is 0 Å². The van der Waals surface area contributed by atoms with E-state index in [4.69, 9.17) is 27.9 Å². The molecule has 2 unspecified atom stereocenters. The monoisotopic (exact) mass is 336 g/mol. The summed E-state index contributed by atoms with van der Waals surface area (Å²) in [5, 5.41) is -0.703. The van der Waals surface area contributed by atoms with E-state index in [0.29, 0.717) is 16.3 Å². The van der Waals surface area contributed by atoms with E-state index in [9.17, 15) is 9.59 Å². The highest BCUT2D eigenvalue weighted by atomic mass is 35.5. The Morgan fingerprint density at radius 1 is 1.00 bits per heavy atom. The minimum absolute atomic E-state index is 0.398. The molecule has 0 spiro atoms. The maximum absolute atomic E-state index is 12.2. The molecule has 0 heterocycles. The molecule has 0 fully saturated rings. The molecule has 0 aliphatic carbocycles. The van der Waals surface area contributed by atoms with Crippen LogP contribution in [0.1, 0.15) is 17.3 Å². The molecule has 0 aliphatic rings. The summed E-state index contributed by atoms with van der Waals surface area (Å²) in [6, 6.07) is 15.1. The lowest BCUT2D eigenvalue weighted by Gasteiger charge is -2.16. The van der Waals surface area contributed by atoms with Gasteiger partial charge >= 0.3 is 0 Å². The summed E-state index contributed by atoms with van der Waals surface area (Å²) >= 11 is 11.8. The lowest BCUT2D eigenvalue weighted by atomic mass is 10.0. The number of alkyl halides is 1. The molecule has 3 nitrogen and oxygen atoms in total. The number of halogens is 2. The van der Waals surface area contributed by atoms with Gasteiger partial charge in [-0.05, 0) is 31.2 Å². The standard InChI is InChI=1S/C17H14Cl2O3/c1-11(22-14-9-7-13(18)8-10-14)16(20)15(19)17(21)12-5-3-2-4-6-12/h2-11,15H,1H3. The summed E-state index contributed by atoms with van der Waals surface area (Å²) in [5.41, 5.74) is 0.398. The van der Waals surface area contributed by atoms with Crippen molar-refractivity contribution < 1.29 is 14.3 Å². The van der Waals surface area contributed by atoms with Crippen molar-refractivity contribution in [2.75, 3.05) is 0 Å². The summed E-state index contributed by atoms with van der Waals surface area (Å²) in [6.45, 7) is 1.56. The second-order valence-electron chi connectivity index (χ2n) is 4.71. The highest BCUT2D eigenvalue weighted by molar-refractivity contribution is 6.44. The van der Waals surface area contributed by atoms with E-state index in [0.717, 1.165) is 0 Å². The van der Waals surface area contributed by atoms with E-state index >= 15 is 0 Å². The number of benzene rings is 2. The molecule has 22 heavy (non-hydrogen) atoms. The van der Waals surface area contributed by atoms with Crippen molar-refractivity contribution in [2.24, 2.45) is 0 Å². The third kappa shape index (κ3) is 4.09. The second kappa shape index (κ2) is 7.43. The van der Waals surface area contributed by atoms with Crippen molar-refractivity contribution in [3.63, 3.8) is 0 Å². The molecule has 114 valence electrons. The van der Waals surface area contributed by atoms with Crippen molar-refractivity contribution in [1.29, 1.82) is 0 Å². The average Bonchev–Trinajstić information content (AvgIpc) is 2.55. The van der Waals surface area contributed by atoms with Gasteiger partial charge in [0.1, 0.15) is 5.75 Å². The fourth-order valence-electron chi connectivity index (χ4n) is 1.86. The van der Waals surface area contributed by atoms with Gasteiger partial charge in [-0.3, -0.25) is 9.59 Å². The molecule has 0 aromatic heterocycles. The zero-order valence-corrected chi connectivity index (χ0v) is 13.3. The van der Waals surface area contributed by atoms with Crippen molar-refractivity contribution in [3.05, 3.63) is 65.2 Å². The van der Waals surface area contributed by atoms with E-state index in [2.05, 4.69) is 0 Å². The summed E-state index contributed by atoms with van der Waals surface area (Å²) in [7, 11) is 0.